The van der Waals surface area contributed by atoms with Crippen LogP contribution in [0.15, 0.2) is 60.7 Å². The Balaban J connectivity index is 1.79. The maximum Gasteiger partial charge on any atom is 0.242 e. The summed E-state index contributed by atoms with van der Waals surface area (Å²) < 4.78 is 0. The number of carbonyl (C=O) groups is 1. The fourth-order valence-corrected chi connectivity index (χ4v) is 2.45. The molecule has 0 aromatic heterocycles. The van der Waals surface area contributed by atoms with E-state index in [1.54, 1.807) is 0 Å². The van der Waals surface area contributed by atoms with Gasteiger partial charge < -0.3 is 5.32 Å². The molecule has 0 aliphatic heterocycles. The molecule has 0 saturated carbocycles. The van der Waals surface area contributed by atoms with Crippen LogP contribution >= 0.6 is 11.6 Å². The van der Waals surface area contributed by atoms with Crippen molar-refractivity contribution in [3.05, 3.63) is 71.8 Å². The molecule has 0 aliphatic rings. The average molecular weight is 302 g/mol. The second-order valence-electron chi connectivity index (χ2n) is 5.16. The van der Waals surface area contributed by atoms with Crippen molar-refractivity contribution >= 4 is 17.5 Å². The minimum atomic E-state index is -0.627. The molecule has 2 aromatic rings. The maximum absolute atomic E-state index is 12.0. The zero-order valence-electron chi connectivity index (χ0n) is 12.1. The lowest BCUT2D eigenvalue weighted by Crippen LogP contribution is -2.28. The second-order valence-corrected chi connectivity index (χ2v) is 5.60. The van der Waals surface area contributed by atoms with E-state index in [4.69, 9.17) is 11.6 Å². The van der Waals surface area contributed by atoms with Crippen molar-refractivity contribution in [1.29, 1.82) is 0 Å². The molecule has 1 N–H and O–H groups in total. The Kier molecular flexibility index (Phi) is 5.82. The van der Waals surface area contributed by atoms with Crippen LogP contribution in [0.5, 0.6) is 0 Å². The van der Waals surface area contributed by atoms with E-state index in [9.17, 15) is 4.79 Å². The van der Waals surface area contributed by atoms with Crippen molar-refractivity contribution in [2.45, 2.75) is 24.6 Å². The van der Waals surface area contributed by atoms with Crippen LogP contribution in [0.1, 0.15) is 35.8 Å². The Bertz CT molecular complexity index is 556. The lowest BCUT2D eigenvalue weighted by atomic mass is 9.98. The molecular weight excluding hydrogens is 282 g/mol. The van der Waals surface area contributed by atoms with Gasteiger partial charge in [0.1, 0.15) is 5.38 Å². The molecule has 2 aromatic carbocycles. The summed E-state index contributed by atoms with van der Waals surface area (Å²) in [6.07, 6.45) is 0.897. The van der Waals surface area contributed by atoms with E-state index in [-0.39, 0.29) is 5.91 Å². The number of hydrogen-bond donors (Lipinski definition) is 1. The molecule has 2 rings (SSSR count). The normalized spacial score (nSPS) is 13.4. The largest absolute Gasteiger partial charge is 0.354 e. The number of alkyl halides is 1. The topological polar surface area (TPSA) is 29.1 Å². The summed E-state index contributed by atoms with van der Waals surface area (Å²) in [5.41, 5.74) is 2.12. The zero-order chi connectivity index (χ0) is 15.1. The first-order valence-electron chi connectivity index (χ1n) is 7.20. The minimum absolute atomic E-state index is 0.136. The van der Waals surface area contributed by atoms with Gasteiger partial charge in [0, 0.05) is 6.54 Å². The van der Waals surface area contributed by atoms with Gasteiger partial charge in [-0.15, -0.1) is 11.6 Å². The highest BCUT2D eigenvalue weighted by atomic mass is 35.5. The number of carbonyl (C=O) groups excluding carboxylic acids is 1. The van der Waals surface area contributed by atoms with Crippen LogP contribution in [-0.2, 0) is 4.79 Å². The van der Waals surface area contributed by atoms with E-state index in [0.29, 0.717) is 12.5 Å². The van der Waals surface area contributed by atoms with Crippen molar-refractivity contribution in [2.24, 2.45) is 0 Å². The first-order chi connectivity index (χ1) is 10.2. The molecule has 2 unspecified atom stereocenters. The molecule has 0 saturated heterocycles. The van der Waals surface area contributed by atoms with E-state index >= 15 is 0 Å². The third-order valence-corrected chi connectivity index (χ3v) is 4.02. The van der Waals surface area contributed by atoms with E-state index in [0.717, 1.165) is 12.0 Å². The standard InChI is InChI=1S/C18H20ClNO/c1-14(15-8-4-2-5-9-15)12-13-20-18(21)17(19)16-10-6-3-7-11-16/h2-11,14,17H,12-13H2,1H3,(H,20,21). The lowest BCUT2D eigenvalue weighted by molar-refractivity contribution is -0.120. The Morgan fingerprint density at radius 3 is 2.10 bits per heavy atom. The van der Waals surface area contributed by atoms with Gasteiger partial charge in [0.05, 0.1) is 0 Å². The first kappa shape index (κ1) is 15.6. The fraction of sp³-hybridized carbons (Fsp3) is 0.278. The molecule has 2 nitrogen and oxygen atoms in total. The van der Waals surface area contributed by atoms with E-state index in [1.165, 1.54) is 5.56 Å². The van der Waals surface area contributed by atoms with Crippen LogP contribution in [-0.4, -0.2) is 12.5 Å². The zero-order valence-corrected chi connectivity index (χ0v) is 12.9. The molecule has 0 bridgehead atoms. The predicted octanol–water partition coefficient (Wildman–Crippen LogP) is 4.28. The van der Waals surface area contributed by atoms with Gasteiger partial charge in [-0.25, -0.2) is 0 Å². The van der Waals surface area contributed by atoms with Crippen LogP contribution in [0.2, 0.25) is 0 Å². The fourth-order valence-electron chi connectivity index (χ4n) is 2.22. The molecule has 0 heterocycles. The molecule has 110 valence electrons. The summed E-state index contributed by atoms with van der Waals surface area (Å²) in [6, 6.07) is 19.7. The van der Waals surface area contributed by atoms with E-state index in [2.05, 4.69) is 24.4 Å². The van der Waals surface area contributed by atoms with Gasteiger partial charge in [-0.2, -0.15) is 0 Å². The van der Waals surface area contributed by atoms with E-state index < -0.39 is 5.38 Å². The number of halogens is 1. The summed E-state index contributed by atoms with van der Waals surface area (Å²) in [5, 5.41) is 2.28. The Labute approximate surface area is 131 Å². The molecule has 0 radical (unpaired) electrons. The monoisotopic (exact) mass is 301 g/mol. The Hall–Kier alpha value is -1.80. The van der Waals surface area contributed by atoms with Gasteiger partial charge >= 0.3 is 0 Å². The number of rotatable bonds is 6. The highest BCUT2D eigenvalue weighted by Crippen LogP contribution is 2.21. The van der Waals surface area contributed by atoms with Gasteiger partial charge in [0.25, 0.3) is 0 Å². The van der Waals surface area contributed by atoms with Crippen molar-refractivity contribution < 1.29 is 4.79 Å². The van der Waals surface area contributed by atoms with Crippen molar-refractivity contribution in [2.75, 3.05) is 6.54 Å². The molecule has 21 heavy (non-hydrogen) atoms. The smallest absolute Gasteiger partial charge is 0.242 e. The third kappa shape index (κ3) is 4.61. The highest BCUT2D eigenvalue weighted by molar-refractivity contribution is 6.30. The van der Waals surface area contributed by atoms with Gasteiger partial charge in [-0.1, -0.05) is 67.6 Å². The molecule has 0 spiro atoms. The number of benzene rings is 2. The number of hydrogen-bond acceptors (Lipinski definition) is 1. The number of nitrogens with one attached hydrogen (secondary N) is 1. The SMILES string of the molecule is CC(CCNC(=O)C(Cl)c1ccccc1)c1ccccc1. The highest BCUT2D eigenvalue weighted by Gasteiger charge is 2.16. The van der Waals surface area contributed by atoms with Crippen molar-refractivity contribution in [1.82, 2.24) is 5.32 Å². The van der Waals surface area contributed by atoms with Crippen LogP contribution in [0.4, 0.5) is 0 Å². The molecule has 1 amide bonds. The maximum atomic E-state index is 12.0. The second kappa shape index (κ2) is 7.84. The van der Waals surface area contributed by atoms with Crippen LogP contribution in [0.25, 0.3) is 0 Å². The summed E-state index contributed by atoms with van der Waals surface area (Å²) in [5.74, 6) is 0.278. The quantitative estimate of drug-likeness (QED) is 0.793. The average Bonchev–Trinajstić information content (AvgIpc) is 2.55. The molecule has 0 aliphatic carbocycles. The Morgan fingerprint density at radius 1 is 1.00 bits per heavy atom. The van der Waals surface area contributed by atoms with Gasteiger partial charge in [0.2, 0.25) is 5.91 Å². The van der Waals surface area contributed by atoms with Crippen molar-refractivity contribution in [3.63, 3.8) is 0 Å². The minimum Gasteiger partial charge on any atom is -0.354 e. The van der Waals surface area contributed by atoms with Crippen LogP contribution in [0, 0.1) is 0 Å². The summed E-state index contributed by atoms with van der Waals surface area (Å²) >= 11 is 6.18. The number of amides is 1. The Morgan fingerprint density at radius 2 is 1.52 bits per heavy atom. The third-order valence-electron chi connectivity index (χ3n) is 3.57. The molecule has 3 heteroatoms. The molecule has 0 fully saturated rings. The lowest BCUT2D eigenvalue weighted by Gasteiger charge is -2.14. The molecule has 2 atom stereocenters. The van der Waals surface area contributed by atoms with Gasteiger partial charge in [0.15, 0.2) is 0 Å². The van der Waals surface area contributed by atoms with Crippen molar-refractivity contribution in [3.8, 4) is 0 Å². The molecular formula is C18H20ClNO. The van der Waals surface area contributed by atoms with Gasteiger partial charge in [-0.3, -0.25) is 4.79 Å². The van der Waals surface area contributed by atoms with Gasteiger partial charge in [-0.05, 0) is 23.5 Å². The summed E-state index contributed by atoms with van der Waals surface area (Å²) in [4.78, 5) is 12.0. The van der Waals surface area contributed by atoms with E-state index in [1.807, 2.05) is 48.5 Å². The first-order valence-corrected chi connectivity index (χ1v) is 7.64. The van der Waals surface area contributed by atoms with Crippen LogP contribution < -0.4 is 5.32 Å². The van der Waals surface area contributed by atoms with Crippen LogP contribution in [0.3, 0.4) is 0 Å². The predicted molar refractivity (Wildman–Crippen MR) is 87.5 cm³/mol. The summed E-state index contributed by atoms with van der Waals surface area (Å²) in [7, 11) is 0. The summed E-state index contributed by atoms with van der Waals surface area (Å²) in [6.45, 7) is 2.79.